The Morgan fingerprint density at radius 2 is 1.07 bits per heavy atom. The first-order valence-electron chi connectivity index (χ1n) is 19.4. The molecule has 0 bridgehead atoms. The number of para-hydroxylation sites is 2. The normalized spacial score (nSPS) is 14.7. The fourth-order valence-corrected chi connectivity index (χ4v) is 8.83. The summed E-state index contributed by atoms with van der Waals surface area (Å²) in [7, 11) is 0. The molecule has 2 aromatic heterocycles. The molecule has 0 fully saturated rings. The number of aromatic nitrogens is 2. The minimum absolute atomic E-state index is 0.141. The van der Waals surface area contributed by atoms with E-state index in [1.165, 1.54) is 66.5 Å². The van der Waals surface area contributed by atoms with Gasteiger partial charge in [-0.05, 0) is 100.0 Å². The van der Waals surface area contributed by atoms with E-state index >= 15 is 0 Å². The van der Waals surface area contributed by atoms with Gasteiger partial charge in [-0.2, -0.15) is 0 Å². The first-order chi connectivity index (χ1) is 27.8. The molecule has 3 heterocycles. The van der Waals surface area contributed by atoms with Crippen LogP contribution in [0.3, 0.4) is 0 Å². The zero-order chi connectivity index (χ0) is 37.0. The highest BCUT2D eigenvalue weighted by molar-refractivity contribution is 6.10. The third kappa shape index (κ3) is 5.39. The zero-order valence-electron chi connectivity index (χ0n) is 30.8. The van der Waals surface area contributed by atoms with Gasteiger partial charge in [-0.3, -0.25) is 0 Å². The van der Waals surface area contributed by atoms with Crippen LogP contribution in [-0.2, 0) is 0 Å². The third-order valence-electron chi connectivity index (χ3n) is 11.5. The van der Waals surface area contributed by atoms with Gasteiger partial charge in [-0.25, -0.2) is 4.98 Å². The molecule has 9 aromatic rings. The van der Waals surface area contributed by atoms with Crippen LogP contribution in [0, 0.1) is 0 Å². The van der Waals surface area contributed by atoms with Crippen LogP contribution in [0.25, 0.3) is 72.2 Å². The molecule has 2 aliphatic rings. The molecule has 0 N–H and O–H groups in total. The number of hydrogen-bond donors (Lipinski definition) is 0. The van der Waals surface area contributed by atoms with E-state index in [4.69, 9.17) is 4.98 Å². The summed E-state index contributed by atoms with van der Waals surface area (Å²) in [6.45, 7) is 0. The molecule has 0 saturated heterocycles. The Balaban J connectivity index is 0.989. The van der Waals surface area contributed by atoms with Gasteiger partial charge >= 0.3 is 0 Å². The number of benzene rings is 7. The molecule has 0 saturated carbocycles. The molecule has 3 nitrogen and oxygen atoms in total. The van der Waals surface area contributed by atoms with Crippen molar-refractivity contribution in [2.75, 3.05) is 4.90 Å². The van der Waals surface area contributed by atoms with Crippen molar-refractivity contribution in [2.24, 2.45) is 0 Å². The summed E-state index contributed by atoms with van der Waals surface area (Å²) < 4.78 is 2.40. The van der Waals surface area contributed by atoms with E-state index in [2.05, 4.69) is 216 Å². The largest absolute Gasteiger partial charge is 0.318 e. The van der Waals surface area contributed by atoms with Crippen molar-refractivity contribution in [1.82, 2.24) is 9.55 Å². The Hall–Kier alpha value is -7.23. The van der Waals surface area contributed by atoms with Gasteiger partial charge < -0.3 is 9.47 Å². The van der Waals surface area contributed by atoms with Gasteiger partial charge in [0.1, 0.15) is 5.82 Å². The van der Waals surface area contributed by atoms with Crippen molar-refractivity contribution in [1.29, 1.82) is 0 Å². The molecule has 3 heteroatoms. The Morgan fingerprint density at radius 1 is 0.464 bits per heavy atom. The zero-order valence-corrected chi connectivity index (χ0v) is 30.8. The van der Waals surface area contributed by atoms with E-state index in [-0.39, 0.29) is 6.04 Å². The summed E-state index contributed by atoms with van der Waals surface area (Å²) >= 11 is 0. The van der Waals surface area contributed by atoms with E-state index in [0.717, 1.165) is 34.7 Å². The van der Waals surface area contributed by atoms with E-state index < -0.39 is 0 Å². The lowest BCUT2D eigenvalue weighted by atomic mass is 9.89. The topological polar surface area (TPSA) is 21.1 Å². The van der Waals surface area contributed by atoms with Crippen LogP contribution in [0.1, 0.15) is 17.5 Å². The average molecular weight is 716 g/mol. The molecule has 1 aliphatic carbocycles. The predicted octanol–water partition coefficient (Wildman–Crippen LogP) is 13.6. The lowest BCUT2D eigenvalue weighted by molar-refractivity contribution is 0.820. The lowest BCUT2D eigenvalue weighted by Gasteiger charge is -2.29. The maximum Gasteiger partial charge on any atom is 0.134 e. The number of fused-ring (bicyclic) bond motifs is 6. The minimum Gasteiger partial charge on any atom is -0.318 e. The van der Waals surface area contributed by atoms with E-state index in [1.807, 2.05) is 0 Å². The quantitative estimate of drug-likeness (QED) is 0.171. The monoisotopic (exact) mass is 715 g/mol. The second kappa shape index (κ2) is 13.3. The van der Waals surface area contributed by atoms with E-state index in [1.54, 1.807) is 0 Å². The highest BCUT2D eigenvalue weighted by Gasteiger charge is 2.37. The van der Waals surface area contributed by atoms with E-state index in [9.17, 15) is 0 Å². The summed E-state index contributed by atoms with van der Waals surface area (Å²) in [6.07, 6.45) is 5.73. The minimum atomic E-state index is 0.141. The van der Waals surface area contributed by atoms with E-state index in [0.29, 0.717) is 0 Å². The fraction of sp³-hybridized carbons (Fsp3) is 0.0377. The van der Waals surface area contributed by atoms with Gasteiger partial charge in [0.25, 0.3) is 0 Å². The van der Waals surface area contributed by atoms with Crippen molar-refractivity contribution in [3.63, 3.8) is 0 Å². The van der Waals surface area contributed by atoms with Crippen LogP contribution >= 0.6 is 0 Å². The number of rotatable bonds is 6. The molecule has 56 heavy (non-hydrogen) atoms. The van der Waals surface area contributed by atoms with Crippen LogP contribution < -0.4 is 4.90 Å². The number of allylic oxidation sites excluding steroid dienone is 2. The first-order valence-corrected chi connectivity index (χ1v) is 19.4. The summed E-state index contributed by atoms with van der Waals surface area (Å²) in [4.78, 5) is 7.83. The van der Waals surface area contributed by atoms with Gasteiger partial charge in [0.05, 0.1) is 28.5 Å². The Labute approximate surface area is 326 Å². The maximum atomic E-state index is 5.36. The smallest absolute Gasteiger partial charge is 0.134 e. The molecule has 1 unspecified atom stereocenters. The molecule has 7 aromatic carbocycles. The van der Waals surface area contributed by atoms with Gasteiger partial charge in [-0.1, -0.05) is 152 Å². The predicted molar refractivity (Wildman–Crippen MR) is 234 cm³/mol. The second-order valence-electron chi connectivity index (χ2n) is 14.7. The molecule has 0 spiro atoms. The number of hydrogen-bond acceptors (Lipinski definition) is 2. The van der Waals surface area contributed by atoms with Gasteiger partial charge in [-0.15, -0.1) is 0 Å². The molecule has 0 amide bonds. The van der Waals surface area contributed by atoms with Crippen molar-refractivity contribution in [3.8, 4) is 39.2 Å². The molecule has 1 aliphatic heterocycles. The Morgan fingerprint density at radius 3 is 1.84 bits per heavy atom. The molecular formula is C53H37N3. The molecule has 264 valence electrons. The van der Waals surface area contributed by atoms with Crippen LogP contribution in [0.2, 0.25) is 0 Å². The summed E-state index contributed by atoms with van der Waals surface area (Å²) in [5.74, 6) is 0.967. The first kappa shape index (κ1) is 32.2. The summed E-state index contributed by atoms with van der Waals surface area (Å²) in [5, 5.41) is 2.52. The number of nitrogens with zero attached hydrogens (tertiary/aromatic N) is 3. The molecule has 1 atom stereocenters. The molecular weight excluding hydrogens is 679 g/mol. The van der Waals surface area contributed by atoms with Crippen LogP contribution in [-0.4, -0.2) is 15.6 Å². The van der Waals surface area contributed by atoms with Crippen molar-refractivity contribution >= 4 is 44.5 Å². The van der Waals surface area contributed by atoms with Crippen molar-refractivity contribution < 1.29 is 0 Å². The summed E-state index contributed by atoms with van der Waals surface area (Å²) in [5.41, 5.74) is 16.8. The van der Waals surface area contributed by atoms with Gasteiger partial charge in [0.2, 0.25) is 0 Å². The van der Waals surface area contributed by atoms with Crippen LogP contribution in [0.4, 0.5) is 11.5 Å². The van der Waals surface area contributed by atoms with Gasteiger partial charge in [0, 0.05) is 27.6 Å². The fourth-order valence-electron chi connectivity index (χ4n) is 8.83. The SMILES string of the molecule is C1=C(c2ccc3c(c2)c2ccccc2n3-c2ccc(-c3ccccc3)cc2)C=C2c3ccccc3N(c3cc(-c4ccccc4)cc(-c4ccccc4)n3)C2C1. The third-order valence-corrected chi connectivity index (χ3v) is 11.5. The van der Waals surface area contributed by atoms with Crippen molar-refractivity contribution in [3.05, 3.63) is 217 Å². The lowest BCUT2D eigenvalue weighted by Crippen LogP contribution is -2.28. The Bertz CT molecular complexity index is 2920. The van der Waals surface area contributed by atoms with Crippen molar-refractivity contribution in [2.45, 2.75) is 12.5 Å². The van der Waals surface area contributed by atoms with Crippen LogP contribution in [0.15, 0.2) is 206 Å². The number of pyridine rings is 1. The Kier molecular flexibility index (Phi) is 7.63. The average Bonchev–Trinajstić information content (AvgIpc) is 3.79. The number of anilines is 2. The summed E-state index contributed by atoms with van der Waals surface area (Å²) in [6, 6.07) is 70.0. The highest BCUT2D eigenvalue weighted by Crippen LogP contribution is 2.49. The maximum absolute atomic E-state index is 5.36. The molecule has 0 radical (unpaired) electrons. The second-order valence-corrected chi connectivity index (χ2v) is 14.7. The standard InChI is InChI=1S/C53H37N3/c1-4-14-36(15-5-1)38-24-28-43(29-25-38)55-49-22-12-10-20-44(49)46-32-40(26-30-51(46)55)41-27-31-52-47(33-41)45-21-11-13-23-50(45)56(52)53-35-42(37-16-6-2-7-17-37)34-48(54-53)39-18-8-3-9-19-39/h1-30,32-35,52H,31H2. The molecule has 11 rings (SSSR count). The van der Waals surface area contributed by atoms with Gasteiger partial charge in [0.15, 0.2) is 0 Å². The van der Waals surface area contributed by atoms with Crippen LogP contribution in [0.5, 0.6) is 0 Å². The highest BCUT2D eigenvalue weighted by atomic mass is 15.2.